The number of carbonyl (C=O) groups excluding carboxylic acids is 2. The smallest absolute Gasteiger partial charge is 0.309 e. The van der Waals surface area contributed by atoms with Crippen molar-refractivity contribution in [3.63, 3.8) is 0 Å². The highest BCUT2D eigenvalue weighted by Gasteiger charge is 2.67. The Balaban J connectivity index is 1.90. The van der Waals surface area contributed by atoms with E-state index in [1.165, 1.54) is 6.26 Å². The van der Waals surface area contributed by atoms with Gasteiger partial charge in [-0.15, -0.1) is 0 Å². The summed E-state index contributed by atoms with van der Waals surface area (Å²) in [6.45, 7) is 12.7. The minimum Gasteiger partial charge on any atom is -0.458 e. The number of hydrogen-bond donors (Lipinski definition) is 2. The Morgan fingerprint density at radius 3 is 2.61 bits per heavy atom. The number of esters is 1. The molecule has 6 atom stereocenters. The van der Waals surface area contributed by atoms with E-state index in [0.29, 0.717) is 43.0 Å². The van der Waals surface area contributed by atoms with Crippen LogP contribution in [0.2, 0.25) is 0 Å². The lowest BCUT2D eigenvalue weighted by Crippen LogP contribution is -2.43. The van der Waals surface area contributed by atoms with Crippen LogP contribution in [0.15, 0.2) is 28.4 Å². The zero-order valence-corrected chi connectivity index (χ0v) is 23.7. The summed E-state index contributed by atoms with van der Waals surface area (Å²) >= 11 is 0. The first-order valence-electron chi connectivity index (χ1n) is 13.4. The number of oxazole rings is 1. The monoisotopic (exact) mass is 533 g/mol. The number of epoxide rings is 1. The van der Waals surface area contributed by atoms with Crippen molar-refractivity contribution in [1.29, 1.82) is 0 Å². The molecule has 0 saturated carbocycles. The summed E-state index contributed by atoms with van der Waals surface area (Å²) < 4.78 is 22.9. The van der Waals surface area contributed by atoms with E-state index in [1.54, 1.807) is 40.7 Å². The first kappa shape index (κ1) is 30.2. The van der Waals surface area contributed by atoms with E-state index in [4.69, 9.17) is 18.6 Å². The van der Waals surface area contributed by atoms with Gasteiger partial charge in [0.1, 0.15) is 29.4 Å². The van der Waals surface area contributed by atoms with Crippen molar-refractivity contribution in [2.75, 3.05) is 6.61 Å². The van der Waals surface area contributed by atoms with Gasteiger partial charge in [-0.3, -0.25) is 9.59 Å². The molecular weight excluding hydrogens is 490 g/mol. The SMILES string of the molecule is CC=CC[C@@H]1C[C@@H](C)OCC[C@@]2(C)O[C@@]2(O)C[C@@H](C(C)=Cc2coc(C)n2)OC(=O)C[C@H](O)C(C)(C)C1=O. The molecule has 212 valence electrons. The Morgan fingerprint density at radius 2 is 1.97 bits per heavy atom. The van der Waals surface area contributed by atoms with Crippen LogP contribution in [0.5, 0.6) is 0 Å². The molecule has 1 aromatic rings. The largest absolute Gasteiger partial charge is 0.458 e. The molecule has 9 heteroatoms. The molecule has 2 fully saturated rings. The minimum absolute atomic E-state index is 0.00615. The van der Waals surface area contributed by atoms with Crippen molar-refractivity contribution in [3.05, 3.63) is 35.6 Å². The lowest BCUT2D eigenvalue weighted by atomic mass is 9.73. The summed E-state index contributed by atoms with van der Waals surface area (Å²) in [7, 11) is 0. The highest BCUT2D eigenvalue weighted by atomic mass is 16.8. The van der Waals surface area contributed by atoms with Gasteiger partial charge in [0.05, 0.1) is 24.0 Å². The van der Waals surface area contributed by atoms with E-state index in [1.807, 2.05) is 26.0 Å². The van der Waals surface area contributed by atoms with Gasteiger partial charge in [-0.1, -0.05) is 26.0 Å². The van der Waals surface area contributed by atoms with Crippen LogP contribution in [0, 0.1) is 18.3 Å². The summed E-state index contributed by atoms with van der Waals surface area (Å²) in [4.78, 5) is 30.9. The average Bonchev–Trinajstić information content (AvgIpc) is 3.12. The highest BCUT2D eigenvalue weighted by Crippen LogP contribution is 2.52. The second-order valence-electron chi connectivity index (χ2n) is 11.5. The molecule has 0 unspecified atom stereocenters. The summed E-state index contributed by atoms with van der Waals surface area (Å²) in [5, 5.41) is 22.3. The third-order valence-corrected chi connectivity index (χ3v) is 7.89. The Bertz CT molecular complexity index is 1060. The van der Waals surface area contributed by atoms with Gasteiger partial charge in [0, 0.05) is 32.3 Å². The van der Waals surface area contributed by atoms with Crippen LogP contribution in [0.4, 0.5) is 0 Å². The molecule has 3 heterocycles. The van der Waals surface area contributed by atoms with Gasteiger partial charge in [-0.05, 0) is 52.2 Å². The third-order valence-electron chi connectivity index (χ3n) is 7.89. The minimum atomic E-state index is -1.52. The predicted octanol–water partition coefficient (Wildman–Crippen LogP) is 4.29. The van der Waals surface area contributed by atoms with E-state index in [-0.39, 0.29) is 30.6 Å². The van der Waals surface area contributed by atoms with Crippen LogP contribution in [0.3, 0.4) is 0 Å². The maximum absolute atomic E-state index is 13.6. The van der Waals surface area contributed by atoms with E-state index < -0.39 is 35.0 Å². The molecule has 38 heavy (non-hydrogen) atoms. The maximum Gasteiger partial charge on any atom is 0.309 e. The molecule has 0 spiro atoms. The van der Waals surface area contributed by atoms with Crippen LogP contribution in [-0.2, 0) is 23.8 Å². The van der Waals surface area contributed by atoms with Gasteiger partial charge in [-0.25, -0.2) is 4.98 Å². The van der Waals surface area contributed by atoms with E-state index >= 15 is 0 Å². The molecular formula is C29H43NO8. The Labute approximate surface area is 225 Å². The van der Waals surface area contributed by atoms with Crippen LogP contribution >= 0.6 is 0 Å². The molecule has 9 nitrogen and oxygen atoms in total. The van der Waals surface area contributed by atoms with Gasteiger partial charge >= 0.3 is 5.97 Å². The first-order valence-corrected chi connectivity index (χ1v) is 13.4. The van der Waals surface area contributed by atoms with Gasteiger partial charge in [0.15, 0.2) is 11.7 Å². The number of nitrogens with zero attached hydrogens (tertiary/aromatic N) is 1. The molecule has 0 bridgehead atoms. The number of ether oxygens (including phenoxy) is 3. The van der Waals surface area contributed by atoms with Crippen molar-refractivity contribution in [1.82, 2.24) is 4.98 Å². The van der Waals surface area contributed by atoms with Crippen LogP contribution in [0.25, 0.3) is 6.08 Å². The number of aliphatic hydroxyl groups is 2. The summed E-state index contributed by atoms with van der Waals surface area (Å²) in [6.07, 6.45) is 5.73. The molecule has 2 aliphatic heterocycles. The molecule has 0 radical (unpaired) electrons. The zero-order valence-electron chi connectivity index (χ0n) is 23.7. The van der Waals surface area contributed by atoms with Gasteiger partial charge in [-0.2, -0.15) is 0 Å². The van der Waals surface area contributed by atoms with E-state index in [9.17, 15) is 19.8 Å². The number of rotatable bonds is 4. The average molecular weight is 534 g/mol. The van der Waals surface area contributed by atoms with Crippen LogP contribution < -0.4 is 0 Å². The number of hydrogen-bond acceptors (Lipinski definition) is 9. The molecule has 0 aliphatic carbocycles. The quantitative estimate of drug-likeness (QED) is 0.330. The lowest BCUT2D eigenvalue weighted by Gasteiger charge is -2.33. The van der Waals surface area contributed by atoms with Crippen LogP contribution in [0.1, 0.15) is 85.2 Å². The third kappa shape index (κ3) is 7.00. The van der Waals surface area contributed by atoms with E-state index in [2.05, 4.69) is 4.98 Å². The number of fused-ring (bicyclic) bond motifs is 1. The number of allylic oxidation sites excluding steroid dienone is 2. The fourth-order valence-electron chi connectivity index (χ4n) is 5.01. The fraction of sp³-hybridized carbons (Fsp3) is 0.690. The number of cyclic esters (lactones) is 1. The molecule has 0 aromatic carbocycles. The Hall–Kier alpha value is -2.33. The maximum atomic E-state index is 13.6. The molecule has 1 aromatic heterocycles. The highest BCUT2D eigenvalue weighted by molar-refractivity contribution is 5.88. The van der Waals surface area contributed by atoms with Gasteiger partial charge in [0.25, 0.3) is 0 Å². The molecule has 2 aliphatic rings. The topological polar surface area (TPSA) is 132 Å². The zero-order chi connectivity index (χ0) is 28.3. The van der Waals surface area contributed by atoms with Crippen molar-refractivity contribution < 1.29 is 38.4 Å². The number of aromatic nitrogens is 1. The number of Topliss-reactive ketones (excluding diaryl/α,β-unsaturated/α-hetero) is 1. The van der Waals surface area contributed by atoms with Crippen molar-refractivity contribution in [2.24, 2.45) is 11.3 Å². The summed E-state index contributed by atoms with van der Waals surface area (Å²) in [5.74, 6) is -2.21. The van der Waals surface area contributed by atoms with Crippen molar-refractivity contribution in [3.8, 4) is 0 Å². The molecule has 0 amide bonds. The first-order chi connectivity index (χ1) is 17.7. The predicted molar refractivity (Wildman–Crippen MR) is 141 cm³/mol. The Kier molecular flexibility index (Phi) is 9.40. The molecule has 3 rings (SSSR count). The second kappa shape index (κ2) is 11.8. The summed E-state index contributed by atoms with van der Waals surface area (Å²) in [5.41, 5.74) is -0.881. The van der Waals surface area contributed by atoms with E-state index in [0.717, 1.165) is 0 Å². The summed E-state index contributed by atoms with van der Waals surface area (Å²) in [6, 6.07) is 0. The fourth-order valence-corrected chi connectivity index (χ4v) is 5.01. The van der Waals surface area contributed by atoms with Crippen molar-refractivity contribution in [2.45, 2.75) is 110 Å². The van der Waals surface area contributed by atoms with Gasteiger partial charge < -0.3 is 28.8 Å². The Morgan fingerprint density at radius 1 is 1.26 bits per heavy atom. The number of ketones is 1. The normalized spacial score (nSPS) is 35.7. The van der Waals surface area contributed by atoms with Crippen molar-refractivity contribution >= 4 is 17.8 Å². The standard InChI is InChI=1S/C29H43NO8/c1-8-9-10-21-14-19(3)35-12-11-28(7)29(34,38-28)16-23(18(2)13-22-17-36-20(4)30-22)37-25(32)15-24(31)27(5,6)26(21)33/h8-9,13,17,19,21,23-24,31,34H,10-12,14-16H2,1-7H3/t19-,21-,23+,24+,28-,29+/m1/s1. The number of aryl methyl sites for hydroxylation is 1. The second-order valence-corrected chi connectivity index (χ2v) is 11.5. The van der Waals surface area contributed by atoms with Crippen LogP contribution in [-0.4, -0.2) is 63.3 Å². The lowest BCUT2D eigenvalue weighted by molar-refractivity contribution is -0.155. The number of carbonyl (C=O) groups is 2. The molecule has 2 N–H and O–H groups in total. The van der Waals surface area contributed by atoms with Gasteiger partial charge in [0.2, 0.25) is 0 Å². The molecule has 2 saturated heterocycles. The number of aliphatic hydroxyl groups excluding tert-OH is 1.